The molecule has 0 amide bonds. The minimum atomic E-state index is -5.08. The van der Waals surface area contributed by atoms with Crippen LogP contribution in [0, 0.1) is 11.8 Å². The number of hydrogen-bond acceptors (Lipinski definition) is 9. The van der Waals surface area contributed by atoms with Crippen molar-refractivity contribution in [3.05, 3.63) is 60.9 Å². The topological polar surface area (TPSA) is 135 Å². The van der Waals surface area contributed by atoms with E-state index in [1.807, 2.05) is 54.6 Å². The Morgan fingerprint density at radius 2 is 1.40 bits per heavy atom. The van der Waals surface area contributed by atoms with Gasteiger partial charge >= 0.3 is 12.1 Å². The zero-order valence-electron chi connectivity index (χ0n) is 26.4. The third kappa shape index (κ3) is 6.69. The van der Waals surface area contributed by atoms with Crippen LogP contribution in [0.15, 0.2) is 60.9 Å². The molecule has 2 atom stereocenters. The molecule has 1 saturated carbocycles. The zero-order chi connectivity index (χ0) is 33.4. The first-order valence-electron chi connectivity index (χ1n) is 16.4. The Balaban J connectivity index is 0.000000473. The standard InChI is InChI=1S/C32H38N8O.C2HF3O2/c33-31-29-30(21-6-12-28(13-7-21)41-27-4-2-1-3-5-27)37-40(32(29)36-20-35-31)25-10-8-24(9-11-25)38-16-22-18-39(19-23(22)17-38)26-14-34-15-26;3-2(4,5)1(6)7/h1-7,12-13,20,22-26,34H,8-11,14-19H2,(H2,33,35,36);(H,6,7). The van der Waals surface area contributed by atoms with E-state index in [9.17, 15) is 13.2 Å². The first kappa shape index (κ1) is 32.3. The molecule has 4 N–H and O–H groups in total. The number of ether oxygens (including phenoxy) is 1. The Hall–Kier alpha value is -4.27. The van der Waals surface area contributed by atoms with E-state index in [4.69, 9.17) is 25.5 Å². The van der Waals surface area contributed by atoms with E-state index in [-0.39, 0.29) is 0 Å². The third-order valence-corrected chi connectivity index (χ3v) is 10.2. The normalized spacial score (nSPS) is 24.9. The number of halogens is 3. The first-order chi connectivity index (χ1) is 23.1. The van der Waals surface area contributed by atoms with Crippen LogP contribution >= 0.6 is 0 Å². The number of aliphatic carboxylic acids is 1. The Labute approximate surface area is 275 Å². The van der Waals surface area contributed by atoms with E-state index < -0.39 is 12.1 Å². The molecule has 4 aliphatic rings. The number of carboxylic acids is 1. The van der Waals surface area contributed by atoms with Gasteiger partial charge in [-0.25, -0.2) is 19.4 Å². The van der Waals surface area contributed by atoms with Crippen molar-refractivity contribution in [3.63, 3.8) is 0 Å². The molecule has 5 heterocycles. The molecule has 2 aromatic heterocycles. The van der Waals surface area contributed by atoms with Crippen molar-refractivity contribution in [2.75, 3.05) is 45.0 Å². The summed E-state index contributed by atoms with van der Waals surface area (Å²) in [6, 6.07) is 19.7. The van der Waals surface area contributed by atoms with Crippen molar-refractivity contribution in [3.8, 4) is 22.8 Å². The second-order valence-electron chi connectivity index (χ2n) is 13.2. The van der Waals surface area contributed by atoms with Gasteiger partial charge < -0.3 is 20.9 Å². The molecule has 11 nitrogen and oxygen atoms in total. The molecular weight excluding hydrogens is 625 g/mol. The molecule has 0 spiro atoms. The number of carbonyl (C=O) groups is 1. The van der Waals surface area contributed by atoms with Gasteiger partial charge in [0.05, 0.1) is 11.4 Å². The molecule has 3 aliphatic heterocycles. The van der Waals surface area contributed by atoms with Crippen LogP contribution in [0.2, 0.25) is 0 Å². The highest BCUT2D eigenvalue weighted by molar-refractivity contribution is 5.98. The van der Waals surface area contributed by atoms with Gasteiger partial charge in [0.25, 0.3) is 0 Å². The Kier molecular flexibility index (Phi) is 8.96. The summed E-state index contributed by atoms with van der Waals surface area (Å²) in [5.74, 6) is 1.03. The van der Waals surface area contributed by atoms with Gasteiger partial charge in [-0.3, -0.25) is 9.80 Å². The maximum atomic E-state index is 10.6. The van der Waals surface area contributed by atoms with Gasteiger partial charge in [-0.1, -0.05) is 18.2 Å². The van der Waals surface area contributed by atoms with Crippen molar-refractivity contribution in [2.45, 2.75) is 50.0 Å². The van der Waals surface area contributed by atoms with Gasteiger partial charge in [0.1, 0.15) is 29.3 Å². The van der Waals surface area contributed by atoms with Gasteiger partial charge in [-0.2, -0.15) is 18.3 Å². The monoisotopic (exact) mass is 664 g/mol. The second-order valence-corrected chi connectivity index (χ2v) is 13.2. The maximum absolute atomic E-state index is 10.6. The van der Waals surface area contributed by atoms with Crippen LogP contribution in [0.5, 0.6) is 11.5 Å². The number of likely N-dealkylation sites (tertiary alicyclic amines) is 2. The van der Waals surface area contributed by atoms with E-state index in [0.717, 1.165) is 64.5 Å². The molecule has 3 saturated heterocycles. The summed E-state index contributed by atoms with van der Waals surface area (Å²) >= 11 is 0. The highest BCUT2D eigenvalue weighted by Crippen LogP contribution is 2.40. The molecule has 0 bridgehead atoms. The highest BCUT2D eigenvalue weighted by atomic mass is 19.4. The average Bonchev–Trinajstić information content (AvgIpc) is 3.74. The van der Waals surface area contributed by atoms with E-state index >= 15 is 0 Å². The van der Waals surface area contributed by atoms with Crippen molar-refractivity contribution in [1.29, 1.82) is 0 Å². The SMILES string of the molecule is Nc1ncnc2c1c(-c1ccc(Oc3ccccc3)cc1)nn2C1CCC(N2CC3CN(C4CNC4)CC3C2)CC1.O=C(O)C(F)(F)F. The van der Waals surface area contributed by atoms with E-state index in [1.54, 1.807) is 6.33 Å². The van der Waals surface area contributed by atoms with E-state index in [0.29, 0.717) is 17.9 Å². The van der Waals surface area contributed by atoms with Gasteiger partial charge in [0, 0.05) is 56.9 Å². The summed E-state index contributed by atoms with van der Waals surface area (Å²) < 4.78 is 39.9. The fourth-order valence-corrected chi connectivity index (χ4v) is 7.62. The summed E-state index contributed by atoms with van der Waals surface area (Å²) in [5.41, 5.74) is 9.08. The lowest BCUT2D eigenvalue weighted by molar-refractivity contribution is -0.192. The van der Waals surface area contributed by atoms with Gasteiger partial charge in [-0.15, -0.1) is 0 Å². The molecule has 2 aromatic carbocycles. The lowest BCUT2D eigenvalue weighted by atomic mass is 9.90. The molecule has 254 valence electrons. The Morgan fingerprint density at radius 3 is 1.96 bits per heavy atom. The number of nitrogens with zero attached hydrogens (tertiary/aromatic N) is 6. The molecule has 1 aliphatic carbocycles. The quantitative estimate of drug-likeness (QED) is 0.263. The summed E-state index contributed by atoms with van der Waals surface area (Å²) in [7, 11) is 0. The maximum Gasteiger partial charge on any atom is 0.490 e. The zero-order valence-corrected chi connectivity index (χ0v) is 26.4. The summed E-state index contributed by atoms with van der Waals surface area (Å²) in [6.07, 6.45) is 1.13. The smallest absolute Gasteiger partial charge is 0.475 e. The van der Waals surface area contributed by atoms with Crippen LogP contribution in [0.4, 0.5) is 19.0 Å². The van der Waals surface area contributed by atoms with Crippen LogP contribution in [0.3, 0.4) is 0 Å². The van der Waals surface area contributed by atoms with Crippen molar-refractivity contribution < 1.29 is 27.8 Å². The number of alkyl halides is 3. The minimum Gasteiger partial charge on any atom is -0.475 e. The van der Waals surface area contributed by atoms with Crippen molar-refractivity contribution >= 4 is 22.8 Å². The van der Waals surface area contributed by atoms with Crippen molar-refractivity contribution in [2.24, 2.45) is 11.8 Å². The third-order valence-electron chi connectivity index (χ3n) is 10.2. The molecule has 4 fully saturated rings. The van der Waals surface area contributed by atoms with Crippen LogP contribution in [-0.2, 0) is 4.79 Å². The number of carboxylic acid groups (broad SMARTS) is 1. The first-order valence-corrected chi connectivity index (χ1v) is 16.4. The summed E-state index contributed by atoms with van der Waals surface area (Å²) in [5, 5.41) is 16.5. The molecule has 2 unspecified atom stereocenters. The predicted molar refractivity (Wildman–Crippen MR) is 173 cm³/mol. The van der Waals surface area contributed by atoms with Gasteiger partial charge in [0.15, 0.2) is 5.65 Å². The van der Waals surface area contributed by atoms with Crippen LogP contribution < -0.4 is 15.8 Å². The lowest BCUT2D eigenvalue weighted by Gasteiger charge is -2.38. The highest BCUT2D eigenvalue weighted by Gasteiger charge is 2.45. The molecular formula is C34H39F3N8O3. The Morgan fingerprint density at radius 1 is 0.833 bits per heavy atom. The summed E-state index contributed by atoms with van der Waals surface area (Å²) in [4.78, 5) is 23.4. The van der Waals surface area contributed by atoms with Crippen molar-refractivity contribution in [1.82, 2.24) is 34.9 Å². The number of benzene rings is 2. The van der Waals surface area contributed by atoms with Gasteiger partial charge in [0.2, 0.25) is 0 Å². The number of nitrogens with two attached hydrogens (primary N) is 1. The average molecular weight is 665 g/mol. The fraction of sp³-hybridized carbons (Fsp3) is 0.471. The number of anilines is 1. The van der Waals surface area contributed by atoms with Crippen LogP contribution in [0.25, 0.3) is 22.3 Å². The van der Waals surface area contributed by atoms with Gasteiger partial charge in [-0.05, 0) is 73.9 Å². The van der Waals surface area contributed by atoms with E-state index in [1.165, 1.54) is 52.1 Å². The molecule has 14 heteroatoms. The Bertz CT molecular complexity index is 1710. The predicted octanol–water partition coefficient (Wildman–Crippen LogP) is 4.82. The molecule has 8 rings (SSSR count). The molecule has 48 heavy (non-hydrogen) atoms. The number of nitrogen functional groups attached to an aromatic ring is 1. The van der Waals surface area contributed by atoms with Crippen LogP contribution in [-0.4, -0.2) is 98.2 Å². The number of aromatic nitrogens is 4. The number of nitrogens with one attached hydrogen (secondary N) is 1. The number of para-hydroxylation sites is 1. The summed E-state index contributed by atoms with van der Waals surface area (Å²) in [6.45, 7) is 7.51. The molecule has 4 aromatic rings. The van der Waals surface area contributed by atoms with E-state index in [2.05, 4.69) is 29.8 Å². The second kappa shape index (κ2) is 13.3. The van der Waals surface area contributed by atoms with Crippen LogP contribution in [0.1, 0.15) is 31.7 Å². The number of rotatable bonds is 6. The largest absolute Gasteiger partial charge is 0.490 e. The number of fused-ring (bicyclic) bond motifs is 2. The lowest BCUT2D eigenvalue weighted by Crippen LogP contribution is -2.57. The fourth-order valence-electron chi connectivity index (χ4n) is 7.62. The molecule has 0 radical (unpaired) electrons. The minimum absolute atomic E-state index is 0.321. The number of hydrogen-bond donors (Lipinski definition) is 3.